The van der Waals surface area contributed by atoms with Crippen LogP contribution < -0.4 is 5.32 Å². The maximum atomic E-state index is 13.1. The van der Waals surface area contributed by atoms with Crippen LogP contribution in [0.5, 0.6) is 0 Å². The monoisotopic (exact) mass is 245 g/mol. The van der Waals surface area contributed by atoms with Gasteiger partial charge in [-0.15, -0.1) is 0 Å². The van der Waals surface area contributed by atoms with Gasteiger partial charge in [0.1, 0.15) is 5.82 Å². The molecule has 0 spiro atoms. The van der Waals surface area contributed by atoms with Crippen molar-refractivity contribution in [3.05, 3.63) is 65.5 Å². The Kier molecular flexibility index (Phi) is 3.57. The SMILES string of the molecule is O=C(O)c1ccc(F)cc1NCc1ccccc1. The molecule has 0 bridgehead atoms. The normalized spacial score (nSPS) is 10.1. The van der Waals surface area contributed by atoms with E-state index in [-0.39, 0.29) is 11.3 Å². The number of hydrogen-bond donors (Lipinski definition) is 2. The van der Waals surface area contributed by atoms with Crippen molar-refractivity contribution in [3.63, 3.8) is 0 Å². The molecule has 0 heterocycles. The molecular formula is C14H12FNO2. The third kappa shape index (κ3) is 2.85. The summed E-state index contributed by atoms with van der Waals surface area (Å²) >= 11 is 0. The van der Waals surface area contributed by atoms with Gasteiger partial charge in [-0.3, -0.25) is 0 Å². The fourth-order valence-corrected chi connectivity index (χ4v) is 1.64. The Balaban J connectivity index is 2.18. The van der Waals surface area contributed by atoms with Crippen LogP contribution in [0, 0.1) is 5.82 Å². The second-order valence-corrected chi connectivity index (χ2v) is 3.83. The van der Waals surface area contributed by atoms with Crippen LogP contribution in [-0.4, -0.2) is 11.1 Å². The summed E-state index contributed by atoms with van der Waals surface area (Å²) in [6, 6.07) is 13.1. The van der Waals surface area contributed by atoms with Gasteiger partial charge < -0.3 is 10.4 Å². The number of carboxylic acids is 1. The summed E-state index contributed by atoms with van der Waals surface area (Å²) in [7, 11) is 0. The van der Waals surface area contributed by atoms with Gasteiger partial charge in [0, 0.05) is 6.54 Å². The number of halogens is 1. The first-order valence-electron chi connectivity index (χ1n) is 5.47. The van der Waals surface area contributed by atoms with E-state index in [4.69, 9.17) is 5.11 Å². The predicted octanol–water partition coefficient (Wildman–Crippen LogP) is 3.14. The highest BCUT2D eigenvalue weighted by Gasteiger charge is 2.10. The van der Waals surface area contributed by atoms with Crippen molar-refractivity contribution in [3.8, 4) is 0 Å². The molecule has 0 aliphatic heterocycles. The lowest BCUT2D eigenvalue weighted by Gasteiger charge is -2.09. The molecule has 0 aliphatic carbocycles. The van der Waals surface area contributed by atoms with Crippen LogP contribution in [0.25, 0.3) is 0 Å². The van der Waals surface area contributed by atoms with Gasteiger partial charge in [-0.05, 0) is 23.8 Å². The molecule has 0 atom stereocenters. The molecule has 0 unspecified atom stereocenters. The number of nitrogens with one attached hydrogen (secondary N) is 1. The molecule has 2 N–H and O–H groups in total. The van der Waals surface area contributed by atoms with Gasteiger partial charge in [0.05, 0.1) is 11.3 Å². The van der Waals surface area contributed by atoms with Crippen LogP contribution in [0.1, 0.15) is 15.9 Å². The highest BCUT2D eigenvalue weighted by atomic mass is 19.1. The zero-order valence-corrected chi connectivity index (χ0v) is 9.56. The molecule has 4 heteroatoms. The van der Waals surface area contributed by atoms with Crippen LogP contribution in [0.4, 0.5) is 10.1 Å². The van der Waals surface area contributed by atoms with Crippen LogP contribution in [-0.2, 0) is 6.54 Å². The van der Waals surface area contributed by atoms with E-state index in [9.17, 15) is 9.18 Å². The van der Waals surface area contributed by atoms with E-state index >= 15 is 0 Å². The Morgan fingerprint density at radius 1 is 1.17 bits per heavy atom. The summed E-state index contributed by atoms with van der Waals surface area (Å²) in [5.74, 6) is -1.54. The number of hydrogen-bond acceptors (Lipinski definition) is 2. The standard InChI is InChI=1S/C14H12FNO2/c15-11-6-7-12(14(17)18)13(8-11)16-9-10-4-2-1-3-5-10/h1-8,16H,9H2,(H,17,18). The van der Waals surface area contributed by atoms with Crippen molar-refractivity contribution in [1.82, 2.24) is 0 Å². The largest absolute Gasteiger partial charge is 0.478 e. The lowest BCUT2D eigenvalue weighted by Crippen LogP contribution is -2.06. The van der Waals surface area contributed by atoms with Crippen molar-refractivity contribution in [1.29, 1.82) is 0 Å². The average molecular weight is 245 g/mol. The number of aromatic carboxylic acids is 1. The Labute approximate surface area is 104 Å². The molecule has 0 fully saturated rings. The molecule has 18 heavy (non-hydrogen) atoms. The summed E-state index contributed by atoms with van der Waals surface area (Å²) in [4.78, 5) is 11.0. The van der Waals surface area contributed by atoms with Crippen molar-refractivity contribution in [2.24, 2.45) is 0 Å². The zero-order chi connectivity index (χ0) is 13.0. The Morgan fingerprint density at radius 2 is 1.89 bits per heavy atom. The third-order valence-corrected chi connectivity index (χ3v) is 2.54. The van der Waals surface area contributed by atoms with Crippen LogP contribution >= 0.6 is 0 Å². The maximum Gasteiger partial charge on any atom is 0.337 e. The van der Waals surface area contributed by atoms with Crippen molar-refractivity contribution in [2.75, 3.05) is 5.32 Å². The summed E-state index contributed by atoms with van der Waals surface area (Å²) < 4.78 is 13.1. The highest BCUT2D eigenvalue weighted by molar-refractivity contribution is 5.94. The molecule has 0 aromatic heterocycles. The van der Waals surface area contributed by atoms with Gasteiger partial charge >= 0.3 is 5.97 Å². The first-order chi connectivity index (χ1) is 8.66. The van der Waals surface area contributed by atoms with E-state index in [0.29, 0.717) is 6.54 Å². The molecule has 0 radical (unpaired) electrons. The summed E-state index contributed by atoms with van der Waals surface area (Å²) in [5, 5.41) is 11.9. The van der Waals surface area contributed by atoms with Gasteiger partial charge in [-0.2, -0.15) is 0 Å². The molecule has 2 rings (SSSR count). The van der Waals surface area contributed by atoms with E-state index in [0.717, 1.165) is 11.6 Å². The van der Waals surface area contributed by atoms with Gasteiger partial charge in [0.25, 0.3) is 0 Å². The van der Waals surface area contributed by atoms with Gasteiger partial charge in [0.2, 0.25) is 0 Å². The van der Waals surface area contributed by atoms with Gasteiger partial charge in [-0.25, -0.2) is 9.18 Å². The molecule has 2 aromatic carbocycles. The Bertz CT molecular complexity index is 555. The van der Waals surface area contributed by atoms with Crippen LogP contribution in [0.3, 0.4) is 0 Å². The fraction of sp³-hybridized carbons (Fsp3) is 0.0714. The third-order valence-electron chi connectivity index (χ3n) is 2.54. The minimum absolute atomic E-state index is 0.0623. The first kappa shape index (κ1) is 12.1. The minimum Gasteiger partial charge on any atom is -0.478 e. The van der Waals surface area contributed by atoms with Crippen LogP contribution in [0.15, 0.2) is 48.5 Å². The van der Waals surface area contributed by atoms with Gasteiger partial charge in [0.15, 0.2) is 0 Å². The van der Waals surface area contributed by atoms with Crippen molar-refractivity contribution >= 4 is 11.7 Å². The van der Waals surface area contributed by atoms with Crippen molar-refractivity contribution < 1.29 is 14.3 Å². The lowest BCUT2D eigenvalue weighted by molar-refractivity contribution is 0.0698. The number of anilines is 1. The average Bonchev–Trinajstić information content (AvgIpc) is 2.37. The zero-order valence-electron chi connectivity index (χ0n) is 9.56. The molecule has 0 saturated carbocycles. The van der Waals surface area contributed by atoms with Crippen LogP contribution in [0.2, 0.25) is 0 Å². The quantitative estimate of drug-likeness (QED) is 0.870. The number of carboxylic acid groups (broad SMARTS) is 1. The second-order valence-electron chi connectivity index (χ2n) is 3.83. The molecule has 2 aromatic rings. The highest BCUT2D eigenvalue weighted by Crippen LogP contribution is 2.18. The van der Waals surface area contributed by atoms with E-state index in [1.165, 1.54) is 12.1 Å². The smallest absolute Gasteiger partial charge is 0.337 e. The van der Waals surface area contributed by atoms with E-state index in [2.05, 4.69) is 5.32 Å². The summed E-state index contributed by atoms with van der Waals surface area (Å²) in [6.07, 6.45) is 0. The Morgan fingerprint density at radius 3 is 2.56 bits per heavy atom. The lowest BCUT2D eigenvalue weighted by atomic mass is 10.1. The van der Waals surface area contributed by atoms with Crippen molar-refractivity contribution in [2.45, 2.75) is 6.54 Å². The molecule has 92 valence electrons. The second kappa shape index (κ2) is 5.31. The number of rotatable bonds is 4. The molecule has 0 saturated heterocycles. The molecule has 3 nitrogen and oxygen atoms in total. The molecule has 0 aliphatic rings. The molecular weight excluding hydrogens is 233 g/mol. The predicted molar refractivity (Wildman–Crippen MR) is 67.1 cm³/mol. The topological polar surface area (TPSA) is 49.3 Å². The minimum atomic E-state index is -1.08. The van der Waals surface area contributed by atoms with E-state index in [1.54, 1.807) is 0 Å². The van der Waals surface area contributed by atoms with Gasteiger partial charge in [-0.1, -0.05) is 30.3 Å². The first-order valence-corrected chi connectivity index (χ1v) is 5.47. The maximum absolute atomic E-state index is 13.1. The fourth-order valence-electron chi connectivity index (χ4n) is 1.64. The summed E-state index contributed by atoms with van der Waals surface area (Å²) in [5.41, 5.74) is 1.34. The summed E-state index contributed by atoms with van der Waals surface area (Å²) in [6.45, 7) is 0.449. The molecule has 0 amide bonds. The van der Waals surface area contributed by atoms with E-state index in [1.807, 2.05) is 30.3 Å². The number of benzene rings is 2. The number of carbonyl (C=O) groups is 1. The Hall–Kier alpha value is -2.36. The van der Waals surface area contributed by atoms with E-state index < -0.39 is 11.8 Å².